The molecule has 1 aromatic heterocycles. The van der Waals surface area contributed by atoms with Gasteiger partial charge in [0.05, 0.1) is 12.8 Å². The Morgan fingerprint density at radius 2 is 1.96 bits per heavy atom. The van der Waals surface area contributed by atoms with Gasteiger partial charge >= 0.3 is 12.0 Å². The van der Waals surface area contributed by atoms with Crippen molar-refractivity contribution in [3.63, 3.8) is 0 Å². The summed E-state index contributed by atoms with van der Waals surface area (Å²) in [7, 11) is 1.55. The fourth-order valence-electron chi connectivity index (χ4n) is 2.04. The summed E-state index contributed by atoms with van der Waals surface area (Å²) in [5.74, 6) is 0.510. The molecule has 0 saturated heterocycles. The highest BCUT2D eigenvalue weighted by atomic mass is 16.5. The molecule has 2 rings (SSSR count). The third-order valence-electron chi connectivity index (χ3n) is 3.57. The van der Waals surface area contributed by atoms with Gasteiger partial charge in [0.25, 0.3) is 0 Å². The molecule has 0 atom stereocenters. The number of nitrogens with one attached hydrogen (secondary N) is 1. The summed E-state index contributed by atoms with van der Waals surface area (Å²) in [6.07, 6.45) is 0.428. The van der Waals surface area contributed by atoms with E-state index in [9.17, 15) is 9.59 Å². The van der Waals surface area contributed by atoms with E-state index >= 15 is 0 Å². The number of carbonyl (C=O) groups is 2. The molecule has 0 bridgehead atoms. The molecule has 0 aliphatic rings. The minimum Gasteiger partial charge on any atom is -0.481 e. The monoisotopic (exact) mass is 346 g/mol. The Morgan fingerprint density at radius 1 is 1.28 bits per heavy atom. The zero-order valence-corrected chi connectivity index (χ0v) is 14.5. The molecular weight excluding hydrogens is 324 g/mol. The highest BCUT2D eigenvalue weighted by Crippen LogP contribution is 2.15. The lowest BCUT2D eigenvalue weighted by Crippen LogP contribution is -2.33. The minimum absolute atomic E-state index is 0.0919. The normalized spacial score (nSPS) is 10.7. The summed E-state index contributed by atoms with van der Waals surface area (Å²) in [6, 6.07) is 6.93. The molecule has 2 N–H and O–H groups in total. The first-order valence-corrected chi connectivity index (χ1v) is 8.00. The van der Waals surface area contributed by atoms with Crippen molar-refractivity contribution in [2.45, 2.75) is 32.6 Å². The maximum absolute atomic E-state index is 12.0. The van der Waals surface area contributed by atoms with E-state index in [2.05, 4.69) is 15.5 Å². The number of aromatic nitrogens is 2. The molecule has 1 aromatic carbocycles. The van der Waals surface area contributed by atoms with Crippen molar-refractivity contribution in [3.8, 4) is 0 Å². The molecule has 0 saturated carbocycles. The second-order valence-corrected chi connectivity index (χ2v) is 6.07. The van der Waals surface area contributed by atoms with Crippen molar-refractivity contribution >= 4 is 17.7 Å². The fraction of sp³-hybridized carbons (Fsp3) is 0.412. The van der Waals surface area contributed by atoms with Crippen LogP contribution in [0.3, 0.4) is 0 Å². The predicted molar refractivity (Wildman–Crippen MR) is 91.5 cm³/mol. The SMILES string of the molecule is CC(C)c1noc(Cc2ccc(NC(=O)N(C)CCC(=O)O)cc2)n1. The average molecular weight is 346 g/mol. The number of benzene rings is 1. The van der Waals surface area contributed by atoms with E-state index in [-0.39, 0.29) is 24.9 Å². The molecule has 2 aromatic rings. The number of nitrogens with zero attached hydrogens (tertiary/aromatic N) is 3. The van der Waals surface area contributed by atoms with Gasteiger partial charge in [-0.15, -0.1) is 0 Å². The Labute approximate surface area is 145 Å². The van der Waals surface area contributed by atoms with Crippen molar-refractivity contribution in [1.82, 2.24) is 15.0 Å². The van der Waals surface area contributed by atoms with Crippen LogP contribution in [0.2, 0.25) is 0 Å². The molecule has 8 heteroatoms. The molecular formula is C17H22N4O4. The number of aliphatic carboxylic acids is 1. The molecule has 0 radical (unpaired) electrons. The minimum atomic E-state index is -0.939. The molecule has 0 aliphatic carbocycles. The van der Waals surface area contributed by atoms with Gasteiger partial charge in [0.1, 0.15) is 0 Å². The van der Waals surface area contributed by atoms with E-state index in [0.29, 0.717) is 23.8 Å². The Balaban J connectivity index is 1.90. The largest absolute Gasteiger partial charge is 0.481 e. The summed E-state index contributed by atoms with van der Waals surface area (Å²) in [5, 5.41) is 15.3. The standard InChI is InChI=1S/C17H22N4O4/c1-11(2)16-19-14(25-20-16)10-12-4-6-13(7-5-12)18-17(24)21(3)9-8-15(22)23/h4-7,11H,8-10H2,1-3H3,(H,18,24)(H,22,23). The number of carbonyl (C=O) groups excluding carboxylic acids is 1. The number of hydrogen-bond acceptors (Lipinski definition) is 5. The Bertz CT molecular complexity index is 725. The number of carboxylic acid groups (broad SMARTS) is 1. The molecule has 0 aliphatic heterocycles. The van der Waals surface area contributed by atoms with Crippen LogP contribution in [0.1, 0.15) is 43.5 Å². The van der Waals surface area contributed by atoms with Crippen molar-refractivity contribution in [2.24, 2.45) is 0 Å². The van der Waals surface area contributed by atoms with Crippen LogP contribution in [0, 0.1) is 0 Å². The summed E-state index contributed by atoms with van der Waals surface area (Å²) >= 11 is 0. The van der Waals surface area contributed by atoms with Crippen LogP contribution in [0.5, 0.6) is 0 Å². The number of amides is 2. The van der Waals surface area contributed by atoms with Gasteiger partial charge in [0, 0.05) is 25.2 Å². The summed E-state index contributed by atoms with van der Waals surface area (Å²) < 4.78 is 5.22. The first-order valence-electron chi connectivity index (χ1n) is 8.00. The van der Waals surface area contributed by atoms with Gasteiger partial charge in [-0.1, -0.05) is 31.1 Å². The van der Waals surface area contributed by atoms with E-state index in [0.717, 1.165) is 5.56 Å². The van der Waals surface area contributed by atoms with Gasteiger partial charge in [-0.3, -0.25) is 4.79 Å². The van der Waals surface area contributed by atoms with Crippen LogP contribution in [0.4, 0.5) is 10.5 Å². The topological polar surface area (TPSA) is 109 Å². The first-order chi connectivity index (χ1) is 11.8. The quantitative estimate of drug-likeness (QED) is 0.798. The van der Waals surface area contributed by atoms with Crippen molar-refractivity contribution in [3.05, 3.63) is 41.5 Å². The Morgan fingerprint density at radius 3 is 2.52 bits per heavy atom. The smallest absolute Gasteiger partial charge is 0.321 e. The van der Waals surface area contributed by atoms with Crippen molar-refractivity contribution in [2.75, 3.05) is 18.9 Å². The zero-order chi connectivity index (χ0) is 18.4. The molecule has 25 heavy (non-hydrogen) atoms. The van der Waals surface area contributed by atoms with Gasteiger partial charge < -0.3 is 19.8 Å². The fourth-order valence-corrected chi connectivity index (χ4v) is 2.04. The van der Waals surface area contributed by atoms with Gasteiger partial charge in [0.2, 0.25) is 5.89 Å². The molecule has 2 amide bonds. The van der Waals surface area contributed by atoms with E-state index in [1.54, 1.807) is 19.2 Å². The van der Waals surface area contributed by atoms with Gasteiger partial charge in [-0.05, 0) is 17.7 Å². The second-order valence-electron chi connectivity index (χ2n) is 6.07. The average Bonchev–Trinajstić information content (AvgIpc) is 3.03. The van der Waals surface area contributed by atoms with Crippen LogP contribution in [-0.4, -0.2) is 45.7 Å². The van der Waals surface area contributed by atoms with Gasteiger partial charge in [-0.2, -0.15) is 4.98 Å². The Hall–Kier alpha value is -2.90. The molecule has 0 unspecified atom stereocenters. The van der Waals surface area contributed by atoms with Gasteiger partial charge in [-0.25, -0.2) is 4.79 Å². The Kier molecular flexibility index (Phi) is 6.10. The predicted octanol–water partition coefficient (Wildman–Crippen LogP) is 2.72. The molecule has 1 heterocycles. The summed E-state index contributed by atoms with van der Waals surface area (Å²) in [4.78, 5) is 28.2. The van der Waals surface area contributed by atoms with Crippen LogP contribution < -0.4 is 5.32 Å². The number of rotatable bonds is 7. The summed E-state index contributed by atoms with van der Waals surface area (Å²) in [5.41, 5.74) is 1.61. The van der Waals surface area contributed by atoms with Crippen LogP contribution in [0.15, 0.2) is 28.8 Å². The maximum Gasteiger partial charge on any atom is 0.321 e. The van der Waals surface area contributed by atoms with E-state index in [1.807, 2.05) is 26.0 Å². The lowest BCUT2D eigenvalue weighted by molar-refractivity contribution is -0.137. The summed E-state index contributed by atoms with van der Waals surface area (Å²) in [6.45, 7) is 4.15. The van der Waals surface area contributed by atoms with Gasteiger partial charge in [0.15, 0.2) is 5.82 Å². The highest BCUT2D eigenvalue weighted by molar-refractivity contribution is 5.89. The molecule has 0 fully saturated rings. The van der Waals surface area contributed by atoms with E-state index < -0.39 is 5.97 Å². The van der Waals surface area contributed by atoms with E-state index in [4.69, 9.17) is 9.63 Å². The number of anilines is 1. The van der Waals surface area contributed by atoms with Crippen LogP contribution in [0.25, 0.3) is 0 Å². The maximum atomic E-state index is 12.0. The third-order valence-corrected chi connectivity index (χ3v) is 3.57. The zero-order valence-electron chi connectivity index (χ0n) is 14.5. The lowest BCUT2D eigenvalue weighted by Gasteiger charge is -2.17. The van der Waals surface area contributed by atoms with Crippen molar-refractivity contribution in [1.29, 1.82) is 0 Å². The number of carboxylic acids is 1. The lowest BCUT2D eigenvalue weighted by atomic mass is 10.1. The molecule has 8 nitrogen and oxygen atoms in total. The van der Waals surface area contributed by atoms with Crippen molar-refractivity contribution < 1.29 is 19.2 Å². The highest BCUT2D eigenvalue weighted by Gasteiger charge is 2.12. The number of hydrogen-bond donors (Lipinski definition) is 2. The van der Waals surface area contributed by atoms with Crippen LogP contribution >= 0.6 is 0 Å². The third kappa shape index (κ3) is 5.59. The van der Waals surface area contributed by atoms with E-state index in [1.165, 1.54) is 4.90 Å². The number of urea groups is 1. The van der Waals surface area contributed by atoms with Crippen LogP contribution in [-0.2, 0) is 11.2 Å². The first kappa shape index (κ1) is 18.4. The molecule has 134 valence electrons. The molecule has 0 spiro atoms. The second kappa shape index (κ2) is 8.27.